The Morgan fingerprint density at radius 3 is 2.96 bits per heavy atom. The Bertz CT molecular complexity index is 719. The summed E-state index contributed by atoms with van der Waals surface area (Å²) in [6.45, 7) is 4.97. The molecule has 2 N–H and O–H groups in total. The van der Waals surface area contributed by atoms with Crippen molar-refractivity contribution in [2.24, 2.45) is 4.99 Å². The lowest BCUT2D eigenvalue weighted by molar-refractivity contribution is -0.129. The molecule has 8 heteroatoms. The first kappa shape index (κ1) is 22.7. The van der Waals surface area contributed by atoms with E-state index >= 15 is 0 Å². The van der Waals surface area contributed by atoms with Crippen LogP contribution in [0.25, 0.3) is 0 Å². The summed E-state index contributed by atoms with van der Waals surface area (Å²) in [5.41, 5.74) is 0. The maximum Gasteiger partial charge on any atom is 0.222 e. The number of nitrogens with zero attached hydrogens (tertiary/aromatic N) is 2. The molecule has 154 valence electrons. The molecule has 28 heavy (non-hydrogen) atoms. The van der Waals surface area contributed by atoms with E-state index in [4.69, 9.17) is 9.41 Å². The number of carbonyl (C=O) groups is 1. The van der Waals surface area contributed by atoms with Crippen molar-refractivity contribution in [1.29, 1.82) is 0 Å². The first-order chi connectivity index (χ1) is 13.2. The van der Waals surface area contributed by atoms with Gasteiger partial charge in [-0.25, -0.2) is 0 Å². The van der Waals surface area contributed by atoms with Gasteiger partial charge >= 0.3 is 0 Å². The van der Waals surface area contributed by atoms with Crippen LogP contribution in [-0.4, -0.2) is 49.0 Å². The number of nitrogens with one attached hydrogen (secondary N) is 2. The molecule has 6 nitrogen and oxygen atoms in total. The summed E-state index contributed by atoms with van der Waals surface area (Å²) < 4.78 is 5.39. The highest BCUT2D eigenvalue weighted by Gasteiger charge is 2.25. The number of hydrogen-bond acceptors (Lipinski definition) is 4. The van der Waals surface area contributed by atoms with Crippen molar-refractivity contribution < 1.29 is 9.21 Å². The van der Waals surface area contributed by atoms with E-state index < -0.39 is 0 Å². The summed E-state index contributed by atoms with van der Waals surface area (Å²) in [5.74, 6) is 2.00. The minimum atomic E-state index is 0. The highest BCUT2D eigenvalue weighted by Crippen LogP contribution is 2.11. The molecule has 2 aromatic rings. The van der Waals surface area contributed by atoms with Gasteiger partial charge in [-0.3, -0.25) is 9.79 Å². The van der Waals surface area contributed by atoms with E-state index in [1.54, 1.807) is 17.6 Å². The number of halogens is 1. The molecule has 1 aliphatic rings. The van der Waals surface area contributed by atoms with E-state index in [-0.39, 0.29) is 35.9 Å². The minimum Gasteiger partial charge on any atom is -0.469 e. The zero-order valence-corrected chi connectivity index (χ0v) is 19.4. The number of amides is 1. The van der Waals surface area contributed by atoms with Crippen LogP contribution in [0.1, 0.15) is 30.4 Å². The highest BCUT2D eigenvalue weighted by atomic mass is 127. The van der Waals surface area contributed by atoms with Crippen LogP contribution in [0.5, 0.6) is 0 Å². The third kappa shape index (κ3) is 7.12. The summed E-state index contributed by atoms with van der Waals surface area (Å²) in [6, 6.07) is 8.35. The van der Waals surface area contributed by atoms with Crippen molar-refractivity contribution in [3.63, 3.8) is 0 Å². The number of carbonyl (C=O) groups excluding carboxylic acids is 1. The van der Waals surface area contributed by atoms with Crippen LogP contribution in [0.3, 0.4) is 0 Å². The van der Waals surface area contributed by atoms with Crippen LogP contribution in [0.15, 0.2) is 45.3 Å². The van der Waals surface area contributed by atoms with Gasteiger partial charge in [-0.2, -0.15) is 0 Å². The van der Waals surface area contributed by atoms with E-state index in [2.05, 4.69) is 28.1 Å². The van der Waals surface area contributed by atoms with Gasteiger partial charge < -0.3 is 20.0 Å². The van der Waals surface area contributed by atoms with Crippen LogP contribution in [0, 0.1) is 0 Å². The number of thiophene rings is 1. The molecule has 3 rings (SSSR count). The largest absolute Gasteiger partial charge is 0.469 e. The Hall–Kier alpha value is -1.55. The first-order valence-electron chi connectivity index (χ1n) is 9.62. The third-order valence-electron chi connectivity index (χ3n) is 4.64. The summed E-state index contributed by atoms with van der Waals surface area (Å²) in [7, 11) is 0. The number of furan rings is 1. The van der Waals surface area contributed by atoms with Crippen molar-refractivity contribution >= 4 is 47.2 Å². The van der Waals surface area contributed by atoms with E-state index in [0.29, 0.717) is 6.42 Å². The highest BCUT2D eigenvalue weighted by molar-refractivity contribution is 14.0. The average Bonchev–Trinajstić information content (AvgIpc) is 3.43. The fraction of sp³-hybridized carbons (Fsp3) is 0.500. The van der Waals surface area contributed by atoms with Crippen LogP contribution < -0.4 is 10.6 Å². The molecular formula is C20H29IN4O2S. The third-order valence-corrected chi connectivity index (χ3v) is 5.57. The van der Waals surface area contributed by atoms with E-state index in [1.165, 1.54) is 4.88 Å². The fourth-order valence-electron chi connectivity index (χ4n) is 3.17. The second kappa shape index (κ2) is 12.1. The predicted octanol–water partition coefficient (Wildman–Crippen LogP) is 3.29. The van der Waals surface area contributed by atoms with Crippen LogP contribution in [0.2, 0.25) is 0 Å². The number of likely N-dealkylation sites (tertiary alicyclic amines) is 1. The molecule has 1 fully saturated rings. The van der Waals surface area contributed by atoms with Crippen molar-refractivity contribution in [3.05, 3.63) is 46.5 Å². The van der Waals surface area contributed by atoms with Gasteiger partial charge in [0.1, 0.15) is 5.76 Å². The van der Waals surface area contributed by atoms with Gasteiger partial charge in [-0.1, -0.05) is 13.0 Å². The summed E-state index contributed by atoms with van der Waals surface area (Å²) >= 11 is 1.76. The van der Waals surface area contributed by atoms with Gasteiger partial charge in [-0.15, -0.1) is 35.3 Å². The predicted molar refractivity (Wildman–Crippen MR) is 125 cm³/mol. The maximum atomic E-state index is 11.9. The van der Waals surface area contributed by atoms with Crippen molar-refractivity contribution in [2.75, 3.05) is 26.2 Å². The average molecular weight is 516 g/mol. The normalized spacial score (nSPS) is 16.7. The van der Waals surface area contributed by atoms with Crippen LogP contribution in [-0.2, 0) is 17.6 Å². The molecule has 0 bridgehead atoms. The molecule has 0 aliphatic carbocycles. The Labute approximate surface area is 187 Å². The van der Waals surface area contributed by atoms with Gasteiger partial charge in [0.2, 0.25) is 5.91 Å². The number of aliphatic imine (C=N–C) groups is 1. The maximum absolute atomic E-state index is 11.9. The van der Waals surface area contributed by atoms with Gasteiger partial charge in [0.25, 0.3) is 0 Å². The van der Waals surface area contributed by atoms with E-state index in [9.17, 15) is 4.79 Å². The summed E-state index contributed by atoms with van der Waals surface area (Å²) in [4.78, 5) is 19.9. The smallest absolute Gasteiger partial charge is 0.222 e. The molecule has 1 aliphatic heterocycles. The van der Waals surface area contributed by atoms with Gasteiger partial charge in [0.05, 0.1) is 6.26 Å². The Kier molecular flexibility index (Phi) is 9.83. The number of guanidine groups is 1. The summed E-state index contributed by atoms with van der Waals surface area (Å²) in [6.07, 6.45) is 4.96. The Morgan fingerprint density at radius 2 is 2.25 bits per heavy atom. The quantitative estimate of drug-likeness (QED) is 0.321. The van der Waals surface area contributed by atoms with Gasteiger partial charge in [-0.05, 0) is 30.0 Å². The van der Waals surface area contributed by atoms with Gasteiger partial charge in [0.15, 0.2) is 5.96 Å². The van der Waals surface area contributed by atoms with E-state index in [1.807, 2.05) is 24.0 Å². The Morgan fingerprint density at radius 1 is 1.36 bits per heavy atom. The molecule has 0 saturated carbocycles. The standard InChI is InChI=1S/C20H28N4O2S.HI/c1-2-19(25)24-12-9-16(15-24)23-20(21-10-7-17-5-3-13-26-17)22-11-8-18-6-4-14-27-18;/h3-6,13-14,16H,2,7-12,15H2,1H3,(H2,21,22,23);1H. The van der Waals surface area contributed by atoms with Crippen molar-refractivity contribution in [2.45, 2.75) is 38.6 Å². The molecule has 1 unspecified atom stereocenters. The monoisotopic (exact) mass is 516 g/mol. The van der Waals surface area contributed by atoms with Crippen molar-refractivity contribution in [3.8, 4) is 0 Å². The molecule has 1 saturated heterocycles. The lowest BCUT2D eigenvalue weighted by Gasteiger charge is -2.19. The Balaban J connectivity index is 0.00000280. The zero-order valence-electron chi connectivity index (χ0n) is 16.2. The van der Waals surface area contributed by atoms with Gasteiger partial charge in [0, 0.05) is 56.4 Å². The minimum absolute atomic E-state index is 0. The first-order valence-corrected chi connectivity index (χ1v) is 10.5. The molecule has 2 aromatic heterocycles. The molecule has 3 heterocycles. The second-order valence-corrected chi connectivity index (χ2v) is 7.67. The fourth-order valence-corrected chi connectivity index (χ4v) is 3.86. The second-order valence-electron chi connectivity index (χ2n) is 6.64. The molecule has 0 spiro atoms. The molecular weight excluding hydrogens is 487 g/mol. The van der Waals surface area contributed by atoms with E-state index in [0.717, 1.165) is 57.2 Å². The molecule has 0 radical (unpaired) electrons. The lowest BCUT2D eigenvalue weighted by Crippen LogP contribution is -2.45. The zero-order chi connectivity index (χ0) is 18.9. The van der Waals surface area contributed by atoms with Crippen LogP contribution >= 0.6 is 35.3 Å². The topological polar surface area (TPSA) is 69.9 Å². The lowest BCUT2D eigenvalue weighted by atomic mass is 10.2. The molecule has 0 aromatic carbocycles. The molecule has 1 atom stereocenters. The van der Waals surface area contributed by atoms with Crippen LogP contribution in [0.4, 0.5) is 0 Å². The number of hydrogen-bond donors (Lipinski definition) is 2. The number of rotatable bonds is 8. The SMILES string of the molecule is CCC(=O)N1CCC(NC(=NCCc2cccs2)NCCc2ccco2)C1.I. The van der Waals surface area contributed by atoms with Crippen molar-refractivity contribution in [1.82, 2.24) is 15.5 Å². The summed E-state index contributed by atoms with van der Waals surface area (Å²) in [5, 5.41) is 9.00. The molecule has 1 amide bonds.